The summed E-state index contributed by atoms with van der Waals surface area (Å²) in [5, 5.41) is 14.3. The molecule has 7 heteroatoms. The lowest BCUT2D eigenvalue weighted by atomic mass is 9.77. The van der Waals surface area contributed by atoms with Crippen LogP contribution in [-0.4, -0.2) is 22.9 Å². The molecule has 0 bridgehead atoms. The Morgan fingerprint density at radius 3 is 2.41 bits per heavy atom. The Hall–Kier alpha value is -1.89. The fraction of sp³-hybridized carbons (Fsp3) is 0.533. The summed E-state index contributed by atoms with van der Waals surface area (Å²) in [5.41, 5.74) is 4.49. The van der Waals surface area contributed by atoms with Crippen molar-refractivity contribution in [1.29, 1.82) is 0 Å². The second-order valence-electron chi connectivity index (χ2n) is 5.75. The van der Waals surface area contributed by atoms with Crippen molar-refractivity contribution in [3.63, 3.8) is 0 Å². The molecule has 0 aliphatic heterocycles. The van der Waals surface area contributed by atoms with E-state index in [4.69, 9.17) is 5.73 Å². The van der Waals surface area contributed by atoms with Gasteiger partial charge in [-0.2, -0.15) is 0 Å². The molecular weight excluding hydrogens is 304 g/mol. The van der Waals surface area contributed by atoms with Crippen LogP contribution >= 0.6 is 11.3 Å². The molecule has 0 radical (unpaired) electrons. The Morgan fingerprint density at radius 2 is 1.86 bits per heavy atom. The van der Waals surface area contributed by atoms with Crippen molar-refractivity contribution in [1.82, 2.24) is 0 Å². The van der Waals surface area contributed by atoms with Gasteiger partial charge < -0.3 is 16.2 Å². The molecule has 1 aromatic heterocycles. The third kappa shape index (κ3) is 3.65. The average molecular weight is 324 g/mol. The monoisotopic (exact) mass is 324 g/mol. The molecular formula is C15H20N2O4S. The number of amides is 2. The second kappa shape index (κ2) is 6.91. The van der Waals surface area contributed by atoms with E-state index >= 15 is 0 Å². The van der Waals surface area contributed by atoms with Crippen molar-refractivity contribution >= 4 is 34.1 Å². The zero-order chi connectivity index (χ0) is 16.2. The fourth-order valence-electron chi connectivity index (χ4n) is 2.95. The fourth-order valence-corrected chi connectivity index (χ4v) is 3.76. The minimum atomic E-state index is -0.995. The normalized spacial score (nSPS) is 17.5. The number of nitrogens with two attached hydrogens (primary N) is 1. The molecule has 0 atom stereocenters. The number of carboxylic acid groups (broad SMARTS) is 1. The molecule has 0 aromatic carbocycles. The summed E-state index contributed by atoms with van der Waals surface area (Å²) in [5.74, 6) is -1.90. The molecule has 2 amide bonds. The number of carboxylic acids is 1. The van der Waals surface area contributed by atoms with Gasteiger partial charge in [-0.3, -0.25) is 14.4 Å². The van der Waals surface area contributed by atoms with Gasteiger partial charge in [-0.15, -0.1) is 11.3 Å². The van der Waals surface area contributed by atoms with Gasteiger partial charge in [0.15, 0.2) is 0 Å². The number of aliphatic carboxylic acids is 1. The van der Waals surface area contributed by atoms with Gasteiger partial charge in [-0.1, -0.05) is 25.7 Å². The van der Waals surface area contributed by atoms with E-state index in [9.17, 15) is 19.5 Å². The number of thiophene rings is 1. The van der Waals surface area contributed by atoms with Crippen molar-refractivity contribution in [2.45, 2.75) is 44.9 Å². The Balaban J connectivity index is 2.10. The van der Waals surface area contributed by atoms with Crippen LogP contribution in [0.15, 0.2) is 11.4 Å². The SMILES string of the molecule is NC(=O)c1ccsc1NC(=O)CC1(C(=O)O)CCCCCC1. The highest BCUT2D eigenvalue weighted by Gasteiger charge is 2.40. The van der Waals surface area contributed by atoms with Gasteiger partial charge in [0.1, 0.15) is 5.00 Å². The van der Waals surface area contributed by atoms with Crippen molar-refractivity contribution in [2.75, 3.05) is 5.32 Å². The summed E-state index contributed by atoms with van der Waals surface area (Å²) in [6.45, 7) is 0. The standard InChI is InChI=1S/C15H20N2O4S/c16-12(19)10-5-8-22-13(10)17-11(18)9-15(14(20)21)6-3-1-2-4-7-15/h5,8H,1-4,6-7,9H2,(H2,16,19)(H,17,18)(H,20,21). The van der Waals surface area contributed by atoms with E-state index in [1.165, 1.54) is 11.3 Å². The molecule has 2 rings (SSSR count). The van der Waals surface area contributed by atoms with Crippen LogP contribution in [0.25, 0.3) is 0 Å². The van der Waals surface area contributed by atoms with Crippen molar-refractivity contribution in [2.24, 2.45) is 11.1 Å². The molecule has 4 N–H and O–H groups in total. The van der Waals surface area contributed by atoms with E-state index in [0.717, 1.165) is 25.7 Å². The van der Waals surface area contributed by atoms with Crippen molar-refractivity contribution in [3.8, 4) is 0 Å². The Bertz CT molecular complexity index is 574. The van der Waals surface area contributed by atoms with E-state index in [1.54, 1.807) is 11.4 Å². The molecule has 0 spiro atoms. The summed E-state index contributed by atoms with van der Waals surface area (Å²) in [7, 11) is 0. The van der Waals surface area contributed by atoms with Crippen molar-refractivity contribution < 1.29 is 19.5 Å². The van der Waals surface area contributed by atoms with E-state index in [0.29, 0.717) is 17.8 Å². The van der Waals surface area contributed by atoms with Gasteiger partial charge in [-0.25, -0.2) is 0 Å². The maximum absolute atomic E-state index is 12.3. The molecule has 1 aliphatic rings. The van der Waals surface area contributed by atoms with Crippen LogP contribution in [0.1, 0.15) is 55.3 Å². The predicted molar refractivity (Wildman–Crippen MR) is 83.9 cm³/mol. The lowest BCUT2D eigenvalue weighted by Crippen LogP contribution is -2.35. The smallest absolute Gasteiger partial charge is 0.310 e. The van der Waals surface area contributed by atoms with Gasteiger partial charge in [0, 0.05) is 6.42 Å². The highest BCUT2D eigenvalue weighted by molar-refractivity contribution is 7.14. The maximum Gasteiger partial charge on any atom is 0.310 e. The van der Waals surface area contributed by atoms with Crippen LogP contribution < -0.4 is 11.1 Å². The van der Waals surface area contributed by atoms with Crippen LogP contribution in [0.5, 0.6) is 0 Å². The summed E-state index contributed by atoms with van der Waals surface area (Å²) in [6.07, 6.45) is 4.63. The second-order valence-corrected chi connectivity index (χ2v) is 6.67. The first-order valence-corrected chi connectivity index (χ1v) is 8.23. The van der Waals surface area contributed by atoms with Crippen LogP contribution in [0.3, 0.4) is 0 Å². The lowest BCUT2D eigenvalue weighted by molar-refractivity contribution is -0.152. The molecule has 6 nitrogen and oxygen atoms in total. The first-order valence-electron chi connectivity index (χ1n) is 7.35. The van der Waals surface area contributed by atoms with Gasteiger partial charge in [0.2, 0.25) is 5.91 Å². The molecule has 1 aliphatic carbocycles. The number of anilines is 1. The topological polar surface area (TPSA) is 109 Å². The lowest BCUT2D eigenvalue weighted by Gasteiger charge is -2.27. The molecule has 1 saturated carbocycles. The zero-order valence-corrected chi connectivity index (χ0v) is 13.1. The number of carbonyl (C=O) groups is 3. The number of carbonyl (C=O) groups excluding carboxylic acids is 2. The Kier molecular flexibility index (Phi) is 5.18. The minimum absolute atomic E-state index is 0.0710. The number of hydrogen-bond donors (Lipinski definition) is 3. The molecule has 0 unspecified atom stereocenters. The minimum Gasteiger partial charge on any atom is -0.481 e. The third-order valence-electron chi connectivity index (χ3n) is 4.20. The number of primary amides is 1. The van der Waals surface area contributed by atoms with E-state index < -0.39 is 17.3 Å². The summed E-state index contributed by atoms with van der Waals surface area (Å²) in [6, 6.07) is 1.54. The van der Waals surface area contributed by atoms with Crippen LogP contribution in [-0.2, 0) is 9.59 Å². The number of rotatable bonds is 5. The first-order chi connectivity index (χ1) is 10.4. The molecule has 22 heavy (non-hydrogen) atoms. The van der Waals surface area contributed by atoms with Gasteiger partial charge in [-0.05, 0) is 24.3 Å². The zero-order valence-electron chi connectivity index (χ0n) is 12.3. The molecule has 0 saturated heterocycles. The third-order valence-corrected chi connectivity index (χ3v) is 5.03. The van der Waals surface area contributed by atoms with Gasteiger partial charge in [0.25, 0.3) is 5.91 Å². The number of hydrogen-bond acceptors (Lipinski definition) is 4. The van der Waals surface area contributed by atoms with Crippen LogP contribution in [0.4, 0.5) is 5.00 Å². The highest BCUT2D eigenvalue weighted by Crippen LogP contribution is 2.39. The number of nitrogens with one attached hydrogen (secondary N) is 1. The Morgan fingerprint density at radius 1 is 1.23 bits per heavy atom. The quantitative estimate of drug-likeness (QED) is 0.723. The summed E-state index contributed by atoms with van der Waals surface area (Å²) in [4.78, 5) is 35.2. The maximum atomic E-state index is 12.3. The largest absolute Gasteiger partial charge is 0.481 e. The van der Waals surface area contributed by atoms with E-state index in [1.807, 2.05) is 0 Å². The highest BCUT2D eigenvalue weighted by atomic mass is 32.1. The van der Waals surface area contributed by atoms with Crippen LogP contribution in [0, 0.1) is 5.41 Å². The molecule has 1 heterocycles. The molecule has 1 fully saturated rings. The van der Waals surface area contributed by atoms with Gasteiger partial charge >= 0.3 is 5.97 Å². The van der Waals surface area contributed by atoms with E-state index in [-0.39, 0.29) is 17.9 Å². The van der Waals surface area contributed by atoms with Crippen LogP contribution in [0.2, 0.25) is 0 Å². The predicted octanol–water partition coefficient (Wildman–Crippen LogP) is 2.60. The average Bonchev–Trinajstić information content (AvgIpc) is 2.76. The summed E-state index contributed by atoms with van der Waals surface area (Å²) < 4.78 is 0. The Labute approximate surface area is 132 Å². The first kappa shape index (κ1) is 16.5. The van der Waals surface area contributed by atoms with Crippen molar-refractivity contribution in [3.05, 3.63) is 17.0 Å². The molecule has 120 valence electrons. The van der Waals surface area contributed by atoms with Gasteiger partial charge in [0.05, 0.1) is 11.0 Å². The summed E-state index contributed by atoms with van der Waals surface area (Å²) >= 11 is 1.20. The molecule has 1 aromatic rings. The van der Waals surface area contributed by atoms with E-state index in [2.05, 4.69) is 5.32 Å².